The Labute approximate surface area is 162 Å². The summed E-state index contributed by atoms with van der Waals surface area (Å²) in [5.74, 6) is 1.30. The Hall–Kier alpha value is -3.22. The van der Waals surface area contributed by atoms with Crippen LogP contribution >= 0.6 is 0 Å². The molecule has 2 aromatic carbocycles. The molecule has 3 aromatic rings. The van der Waals surface area contributed by atoms with Crippen LogP contribution in [0.2, 0.25) is 0 Å². The summed E-state index contributed by atoms with van der Waals surface area (Å²) in [6.07, 6.45) is 4.07. The molecule has 0 bridgehead atoms. The first-order valence-corrected chi connectivity index (χ1v) is 9.40. The first-order chi connectivity index (χ1) is 13.7. The van der Waals surface area contributed by atoms with E-state index >= 15 is 0 Å². The fourth-order valence-corrected chi connectivity index (χ4v) is 3.32. The number of benzene rings is 2. The van der Waals surface area contributed by atoms with Crippen molar-refractivity contribution in [3.8, 4) is 17.1 Å². The van der Waals surface area contributed by atoms with Crippen LogP contribution in [0.1, 0.15) is 25.1 Å². The van der Waals surface area contributed by atoms with E-state index in [-0.39, 0.29) is 12.5 Å². The molecule has 0 spiro atoms. The van der Waals surface area contributed by atoms with Gasteiger partial charge in [-0.25, -0.2) is 4.39 Å². The summed E-state index contributed by atoms with van der Waals surface area (Å²) in [6.45, 7) is 0.648. The number of ether oxygens (including phenoxy) is 1. The number of aryl methyl sites for hydroxylation is 1. The SMILES string of the molecule is O=C(COc1ccccc1)Nc1ccc(F)c(-c2nnc3n2CCCCC3)c1. The summed E-state index contributed by atoms with van der Waals surface area (Å²) >= 11 is 0. The van der Waals surface area contributed by atoms with Crippen molar-refractivity contribution in [2.24, 2.45) is 0 Å². The molecule has 0 atom stereocenters. The third-order valence-corrected chi connectivity index (χ3v) is 4.71. The van der Waals surface area contributed by atoms with Gasteiger partial charge in [0.2, 0.25) is 0 Å². The van der Waals surface area contributed by atoms with Crippen molar-refractivity contribution in [1.29, 1.82) is 0 Å². The van der Waals surface area contributed by atoms with Crippen molar-refractivity contribution < 1.29 is 13.9 Å². The average molecular weight is 380 g/mol. The van der Waals surface area contributed by atoms with Crippen LogP contribution in [-0.2, 0) is 17.8 Å². The van der Waals surface area contributed by atoms with E-state index in [1.165, 1.54) is 12.1 Å². The van der Waals surface area contributed by atoms with Crippen molar-refractivity contribution in [2.45, 2.75) is 32.2 Å². The number of carbonyl (C=O) groups excluding carboxylic acids is 1. The highest BCUT2D eigenvalue weighted by Crippen LogP contribution is 2.27. The van der Waals surface area contributed by atoms with E-state index in [4.69, 9.17) is 4.74 Å². The quantitative estimate of drug-likeness (QED) is 0.730. The second-order valence-corrected chi connectivity index (χ2v) is 6.75. The third-order valence-electron chi connectivity index (χ3n) is 4.71. The van der Waals surface area contributed by atoms with Crippen molar-refractivity contribution in [2.75, 3.05) is 11.9 Å². The first-order valence-electron chi connectivity index (χ1n) is 9.40. The molecule has 0 saturated carbocycles. The monoisotopic (exact) mass is 380 g/mol. The molecule has 1 aliphatic heterocycles. The Morgan fingerprint density at radius 1 is 1.11 bits per heavy atom. The maximum absolute atomic E-state index is 14.5. The molecule has 0 fully saturated rings. The van der Waals surface area contributed by atoms with Crippen LogP contribution in [-0.4, -0.2) is 27.3 Å². The number of carbonyl (C=O) groups is 1. The van der Waals surface area contributed by atoms with E-state index in [1.54, 1.807) is 18.2 Å². The fraction of sp³-hybridized carbons (Fsp3) is 0.286. The van der Waals surface area contributed by atoms with E-state index < -0.39 is 5.82 Å². The minimum atomic E-state index is -0.391. The summed E-state index contributed by atoms with van der Waals surface area (Å²) in [7, 11) is 0. The highest BCUT2D eigenvalue weighted by molar-refractivity contribution is 5.92. The number of nitrogens with one attached hydrogen (secondary N) is 1. The average Bonchev–Trinajstić information content (AvgIpc) is 2.96. The number of rotatable bonds is 5. The number of hydrogen-bond acceptors (Lipinski definition) is 4. The van der Waals surface area contributed by atoms with Gasteiger partial charge in [0.05, 0.1) is 5.56 Å². The van der Waals surface area contributed by atoms with Gasteiger partial charge < -0.3 is 14.6 Å². The molecular formula is C21H21FN4O2. The number of fused-ring (bicyclic) bond motifs is 1. The van der Waals surface area contributed by atoms with Gasteiger partial charge in [-0.2, -0.15) is 0 Å². The normalized spacial score (nSPS) is 13.5. The lowest BCUT2D eigenvalue weighted by atomic mass is 10.1. The molecule has 1 N–H and O–H groups in total. The van der Waals surface area contributed by atoms with Crippen LogP contribution in [0.25, 0.3) is 11.4 Å². The number of hydrogen-bond donors (Lipinski definition) is 1. The standard InChI is InChI=1S/C21H21FN4O2/c22-18-11-10-15(23-20(27)14-28-16-7-3-1-4-8-16)13-17(18)21-25-24-19-9-5-2-6-12-26(19)21/h1,3-4,7-8,10-11,13H,2,5-6,9,12,14H2,(H,23,27). The molecule has 0 unspecified atom stereocenters. The molecule has 1 aliphatic rings. The minimum absolute atomic E-state index is 0.128. The number of anilines is 1. The van der Waals surface area contributed by atoms with Crippen LogP contribution in [0, 0.1) is 5.82 Å². The largest absolute Gasteiger partial charge is 0.484 e. The smallest absolute Gasteiger partial charge is 0.262 e. The minimum Gasteiger partial charge on any atom is -0.484 e. The Kier molecular flexibility index (Phi) is 5.32. The highest BCUT2D eigenvalue weighted by atomic mass is 19.1. The molecule has 7 heteroatoms. The van der Waals surface area contributed by atoms with E-state index in [1.807, 2.05) is 22.8 Å². The van der Waals surface area contributed by atoms with Crippen LogP contribution < -0.4 is 10.1 Å². The zero-order valence-electron chi connectivity index (χ0n) is 15.4. The number of halogens is 1. The molecule has 1 aromatic heterocycles. The van der Waals surface area contributed by atoms with Crippen molar-refractivity contribution in [3.63, 3.8) is 0 Å². The number of nitrogens with zero attached hydrogens (tertiary/aromatic N) is 3. The van der Waals surface area contributed by atoms with Gasteiger partial charge in [0.25, 0.3) is 5.91 Å². The predicted octanol–water partition coefficient (Wildman–Crippen LogP) is 3.83. The van der Waals surface area contributed by atoms with Gasteiger partial charge in [0.1, 0.15) is 17.4 Å². The Morgan fingerprint density at radius 3 is 2.82 bits per heavy atom. The Balaban J connectivity index is 1.50. The van der Waals surface area contributed by atoms with E-state index in [0.29, 0.717) is 22.8 Å². The molecule has 28 heavy (non-hydrogen) atoms. The lowest BCUT2D eigenvalue weighted by molar-refractivity contribution is -0.118. The molecule has 1 amide bonds. The third kappa shape index (κ3) is 4.03. The van der Waals surface area contributed by atoms with Gasteiger partial charge in [0, 0.05) is 18.7 Å². The van der Waals surface area contributed by atoms with Crippen LogP contribution in [0.5, 0.6) is 5.75 Å². The van der Waals surface area contributed by atoms with Gasteiger partial charge >= 0.3 is 0 Å². The zero-order valence-corrected chi connectivity index (χ0v) is 15.4. The molecule has 6 nitrogen and oxygen atoms in total. The molecule has 0 radical (unpaired) electrons. The molecule has 0 aliphatic carbocycles. The Morgan fingerprint density at radius 2 is 1.96 bits per heavy atom. The van der Waals surface area contributed by atoms with E-state index in [2.05, 4.69) is 15.5 Å². The lowest BCUT2D eigenvalue weighted by Gasteiger charge is -2.11. The number of aromatic nitrogens is 3. The fourth-order valence-electron chi connectivity index (χ4n) is 3.32. The maximum Gasteiger partial charge on any atom is 0.262 e. The van der Waals surface area contributed by atoms with Crippen LogP contribution in [0.3, 0.4) is 0 Å². The van der Waals surface area contributed by atoms with Crippen molar-refractivity contribution in [3.05, 3.63) is 60.2 Å². The van der Waals surface area contributed by atoms with E-state index in [0.717, 1.165) is 38.1 Å². The molecule has 0 saturated heterocycles. The maximum atomic E-state index is 14.5. The van der Waals surface area contributed by atoms with E-state index in [9.17, 15) is 9.18 Å². The second-order valence-electron chi connectivity index (χ2n) is 6.75. The van der Waals surface area contributed by atoms with Crippen LogP contribution in [0.15, 0.2) is 48.5 Å². The molecule has 4 rings (SSSR count). The van der Waals surface area contributed by atoms with Gasteiger partial charge in [-0.3, -0.25) is 4.79 Å². The van der Waals surface area contributed by atoms with Gasteiger partial charge in [-0.05, 0) is 43.2 Å². The van der Waals surface area contributed by atoms with Crippen molar-refractivity contribution in [1.82, 2.24) is 14.8 Å². The Bertz CT molecular complexity index is 972. The predicted molar refractivity (Wildman–Crippen MR) is 104 cm³/mol. The van der Waals surface area contributed by atoms with Gasteiger partial charge in [-0.15, -0.1) is 10.2 Å². The first kappa shape index (κ1) is 18.2. The van der Waals surface area contributed by atoms with Gasteiger partial charge in [-0.1, -0.05) is 24.6 Å². The number of amides is 1. The summed E-state index contributed by atoms with van der Waals surface area (Å²) in [4.78, 5) is 12.2. The molecule has 2 heterocycles. The zero-order chi connectivity index (χ0) is 19.3. The number of para-hydroxylation sites is 1. The van der Waals surface area contributed by atoms with Gasteiger partial charge in [0.15, 0.2) is 12.4 Å². The van der Waals surface area contributed by atoms with Crippen LogP contribution in [0.4, 0.5) is 10.1 Å². The lowest BCUT2D eigenvalue weighted by Crippen LogP contribution is -2.20. The highest BCUT2D eigenvalue weighted by Gasteiger charge is 2.19. The molecular weight excluding hydrogens is 359 g/mol. The summed E-state index contributed by atoms with van der Waals surface area (Å²) in [6, 6.07) is 13.6. The van der Waals surface area contributed by atoms with Crippen molar-refractivity contribution >= 4 is 11.6 Å². The second kappa shape index (κ2) is 8.21. The summed E-state index contributed by atoms with van der Waals surface area (Å²) in [5.41, 5.74) is 0.825. The topological polar surface area (TPSA) is 69.0 Å². The molecule has 144 valence electrons. The summed E-state index contributed by atoms with van der Waals surface area (Å²) < 4.78 is 21.9. The summed E-state index contributed by atoms with van der Waals surface area (Å²) in [5, 5.41) is 11.2.